The quantitative estimate of drug-likeness (QED) is 0.588. The largest absolute Gasteiger partial charge is 0.502 e. The van der Waals surface area contributed by atoms with Crippen molar-refractivity contribution in [2.75, 3.05) is 6.61 Å². The summed E-state index contributed by atoms with van der Waals surface area (Å²) in [5, 5.41) is 8.99. The van der Waals surface area contributed by atoms with Gasteiger partial charge < -0.3 is 9.84 Å². The highest BCUT2D eigenvalue weighted by atomic mass is 16.6. The maximum atomic E-state index is 10.5. The van der Waals surface area contributed by atoms with Gasteiger partial charge in [-0.25, -0.2) is 4.79 Å². The Morgan fingerprint density at radius 1 is 1.70 bits per heavy atom. The van der Waals surface area contributed by atoms with Gasteiger partial charge in [-0.3, -0.25) is 0 Å². The zero-order valence-corrected chi connectivity index (χ0v) is 5.89. The maximum absolute atomic E-state index is 10.5. The molecule has 1 N–H and O–H groups in total. The highest BCUT2D eigenvalue weighted by Crippen LogP contribution is 2.17. The molecule has 0 aromatic rings. The van der Waals surface area contributed by atoms with Gasteiger partial charge >= 0.3 is 5.97 Å². The predicted octanol–water partition coefficient (Wildman–Crippen LogP) is 1.16. The number of cyclic esters (lactones) is 1. The summed E-state index contributed by atoms with van der Waals surface area (Å²) in [5.74, 6) is -0.759. The van der Waals surface area contributed by atoms with E-state index in [0.29, 0.717) is 0 Å². The third kappa shape index (κ3) is 1.12. The van der Waals surface area contributed by atoms with Crippen LogP contribution in [0.5, 0.6) is 0 Å². The Bertz CT molecular complexity index is 181. The molecule has 0 amide bonds. The van der Waals surface area contributed by atoms with E-state index >= 15 is 0 Å². The van der Waals surface area contributed by atoms with Crippen molar-refractivity contribution in [1.82, 2.24) is 0 Å². The first-order valence-corrected chi connectivity index (χ1v) is 3.33. The lowest BCUT2D eigenvalue weighted by atomic mass is 10.1. The number of esters is 1. The minimum atomic E-state index is -0.580. The second kappa shape index (κ2) is 2.73. The molecule has 56 valence electrons. The van der Waals surface area contributed by atoms with Crippen molar-refractivity contribution in [3.63, 3.8) is 0 Å². The van der Waals surface area contributed by atoms with Gasteiger partial charge in [0.25, 0.3) is 0 Å². The van der Waals surface area contributed by atoms with E-state index in [2.05, 4.69) is 4.74 Å². The summed E-state index contributed by atoms with van der Waals surface area (Å²) in [7, 11) is 0. The summed E-state index contributed by atoms with van der Waals surface area (Å²) >= 11 is 0. The van der Waals surface area contributed by atoms with E-state index in [1.165, 1.54) is 0 Å². The Hall–Kier alpha value is -0.990. The van der Waals surface area contributed by atoms with E-state index < -0.39 is 5.97 Å². The number of hydrogen-bond acceptors (Lipinski definition) is 3. The molecule has 1 heterocycles. The van der Waals surface area contributed by atoms with Gasteiger partial charge in [0.15, 0.2) is 0 Å². The summed E-state index contributed by atoms with van der Waals surface area (Å²) in [6.07, 6.45) is 1.67. The van der Waals surface area contributed by atoms with Crippen LogP contribution >= 0.6 is 0 Å². The summed E-state index contributed by atoms with van der Waals surface area (Å²) in [4.78, 5) is 10.5. The first-order chi connectivity index (χ1) is 4.75. The Morgan fingerprint density at radius 3 is 2.80 bits per heavy atom. The standard InChI is InChI=1S/C7H10O3/c1-2-3-5-4-10-7(9)6(5)8/h8H,2-4H2,1H3. The molecule has 0 aromatic heterocycles. The molecule has 0 fully saturated rings. The first-order valence-electron chi connectivity index (χ1n) is 3.33. The first kappa shape index (κ1) is 7.12. The van der Waals surface area contributed by atoms with Gasteiger partial charge in [-0.15, -0.1) is 0 Å². The number of hydrogen-bond donors (Lipinski definition) is 1. The van der Waals surface area contributed by atoms with Crippen LogP contribution < -0.4 is 0 Å². The summed E-state index contributed by atoms with van der Waals surface area (Å²) in [6, 6.07) is 0. The summed E-state index contributed by atoms with van der Waals surface area (Å²) in [6.45, 7) is 2.27. The van der Waals surface area contributed by atoms with Crippen molar-refractivity contribution < 1.29 is 14.6 Å². The molecule has 1 aliphatic heterocycles. The van der Waals surface area contributed by atoms with Crippen LogP contribution in [-0.2, 0) is 9.53 Å². The lowest BCUT2D eigenvalue weighted by Gasteiger charge is -1.93. The molecule has 0 aliphatic carbocycles. The van der Waals surface area contributed by atoms with Gasteiger partial charge in [-0.2, -0.15) is 0 Å². The maximum Gasteiger partial charge on any atom is 0.373 e. The molecule has 10 heavy (non-hydrogen) atoms. The van der Waals surface area contributed by atoms with Crippen molar-refractivity contribution in [2.24, 2.45) is 0 Å². The molecular formula is C7H10O3. The monoisotopic (exact) mass is 142 g/mol. The van der Waals surface area contributed by atoms with E-state index in [4.69, 9.17) is 5.11 Å². The minimum Gasteiger partial charge on any atom is -0.502 e. The number of carbonyl (C=O) groups excluding carboxylic acids is 1. The molecule has 0 bridgehead atoms. The lowest BCUT2D eigenvalue weighted by molar-refractivity contribution is -0.138. The predicted molar refractivity (Wildman–Crippen MR) is 35.5 cm³/mol. The molecule has 0 unspecified atom stereocenters. The minimum absolute atomic E-state index is 0.179. The van der Waals surface area contributed by atoms with Crippen molar-refractivity contribution >= 4 is 5.97 Å². The van der Waals surface area contributed by atoms with Gasteiger partial charge in [0.1, 0.15) is 6.61 Å². The van der Waals surface area contributed by atoms with Crippen LogP contribution in [0.3, 0.4) is 0 Å². The highest BCUT2D eigenvalue weighted by Gasteiger charge is 2.22. The molecule has 3 nitrogen and oxygen atoms in total. The van der Waals surface area contributed by atoms with Gasteiger partial charge in [0.05, 0.1) is 0 Å². The zero-order valence-electron chi connectivity index (χ0n) is 5.89. The third-order valence-electron chi connectivity index (χ3n) is 1.46. The molecule has 0 radical (unpaired) electrons. The number of aliphatic hydroxyl groups excluding tert-OH is 1. The number of carbonyl (C=O) groups is 1. The van der Waals surface area contributed by atoms with Crippen LogP contribution in [0.2, 0.25) is 0 Å². The average Bonchev–Trinajstić information content (AvgIpc) is 2.20. The Kier molecular flexibility index (Phi) is 1.94. The van der Waals surface area contributed by atoms with Gasteiger partial charge in [0, 0.05) is 5.57 Å². The zero-order chi connectivity index (χ0) is 7.56. The molecule has 3 heteroatoms. The lowest BCUT2D eigenvalue weighted by Crippen LogP contribution is -1.97. The molecule has 0 atom stereocenters. The molecule has 1 rings (SSSR count). The van der Waals surface area contributed by atoms with E-state index in [0.717, 1.165) is 18.4 Å². The van der Waals surface area contributed by atoms with Crippen LogP contribution in [0, 0.1) is 0 Å². The molecule has 0 aromatic carbocycles. The highest BCUT2D eigenvalue weighted by molar-refractivity contribution is 5.88. The van der Waals surface area contributed by atoms with Gasteiger partial charge in [0.2, 0.25) is 5.76 Å². The molecule has 0 saturated carbocycles. The van der Waals surface area contributed by atoms with Crippen LogP contribution in [0.25, 0.3) is 0 Å². The van der Waals surface area contributed by atoms with Crippen LogP contribution in [0.15, 0.2) is 11.3 Å². The van der Waals surface area contributed by atoms with E-state index in [1.807, 2.05) is 6.92 Å². The fourth-order valence-corrected chi connectivity index (χ4v) is 0.926. The topological polar surface area (TPSA) is 46.5 Å². The Morgan fingerprint density at radius 2 is 2.40 bits per heavy atom. The SMILES string of the molecule is CCCC1=C(O)C(=O)OC1. The van der Waals surface area contributed by atoms with Crippen molar-refractivity contribution in [3.05, 3.63) is 11.3 Å². The smallest absolute Gasteiger partial charge is 0.373 e. The molecule has 0 spiro atoms. The van der Waals surface area contributed by atoms with Crippen molar-refractivity contribution in [3.8, 4) is 0 Å². The summed E-state index contributed by atoms with van der Waals surface area (Å²) < 4.78 is 4.57. The van der Waals surface area contributed by atoms with Crippen molar-refractivity contribution in [2.45, 2.75) is 19.8 Å². The van der Waals surface area contributed by atoms with E-state index in [-0.39, 0.29) is 12.4 Å². The molecule has 0 saturated heterocycles. The van der Waals surface area contributed by atoms with E-state index in [9.17, 15) is 4.79 Å². The van der Waals surface area contributed by atoms with E-state index in [1.54, 1.807) is 0 Å². The Balaban J connectivity index is 2.65. The molecular weight excluding hydrogens is 132 g/mol. The number of ether oxygens (including phenoxy) is 1. The average molecular weight is 142 g/mol. The van der Waals surface area contributed by atoms with Gasteiger partial charge in [-0.05, 0) is 6.42 Å². The second-order valence-electron chi connectivity index (χ2n) is 2.28. The number of aliphatic hydroxyl groups is 1. The van der Waals surface area contributed by atoms with Crippen molar-refractivity contribution in [1.29, 1.82) is 0 Å². The fourth-order valence-electron chi connectivity index (χ4n) is 0.926. The second-order valence-corrected chi connectivity index (χ2v) is 2.28. The van der Waals surface area contributed by atoms with Crippen LogP contribution in [-0.4, -0.2) is 17.7 Å². The normalized spacial score (nSPS) is 17.9. The third-order valence-corrected chi connectivity index (χ3v) is 1.46. The summed E-state index contributed by atoms with van der Waals surface area (Å²) in [5.41, 5.74) is 0.729. The van der Waals surface area contributed by atoms with Crippen LogP contribution in [0.1, 0.15) is 19.8 Å². The number of rotatable bonds is 2. The van der Waals surface area contributed by atoms with Gasteiger partial charge in [-0.1, -0.05) is 13.3 Å². The molecule has 1 aliphatic rings. The van der Waals surface area contributed by atoms with Crippen LogP contribution in [0.4, 0.5) is 0 Å². The Labute approximate surface area is 59.3 Å². The fraction of sp³-hybridized carbons (Fsp3) is 0.571.